The predicted molar refractivity (Wildman–Crippen MR) is 87.8 cm³/mol. The van der Waals surface area contributed by atoms with Crippen molar-refractivity contribution in [1.82, 2.24) is 4.90 Å². The summed E-state index contributed by atoms with van der Waals surface area (Å²) < 4.78 is 50.1. The van der Waals surface area contributed by atoms with Gasteiger partial charge in [0.05, 0.1) is 36.9 Å². The smallest absolute Gasteiger partial charge is 0.347 e. The molecule has 27 heavy (non-hydrogen) atoms. The van der Waals surface area contributed by atoms with Crippen LogP contribution < -0.4 is 4.90 Å². The molecule has 146 valence electrons. The number of carbonyl (C=O) groups is 2. The highest BCUT2D eigenvalue weighted by Crippen LogP contribution is 2.36. The van der Waals surface area contributed by atoms with Crippen LogP contribution in [0.2, 0.25) is 0 Å². The fraction of sp³-hybridized carbons (Fsp3) is 0.556. The number of halogens is 3. The summed E-state index contributed by atoms with van der Waals surface area (Å²) in [5.41, 5.74) is -0.933. The molecule has 3 aliphatic rings. The van der Waals surface area contributed by atoms with E-state index in [9.17, 15) is 22.8 Å². The monoisotopic (exact) mass is 384 g/mol. The minimum atomic E-state index is -4.54. The molecule has 0 aromatic heterocycles. The van der Waals surface area contributed by atoms with Crippen LogP contribution in [0.1, 0.15) is 24.8 Å². The average molecular weight is 384 g/mol. The number of nitrogens with zero attached hydrogens (tertiary/aromatic N) is 2. The van der Waals surface area contributed by atoms with Crippen LogP contribution in [-0.4, -0.2) is 54.8 Å². The van der Waals surface area contributed by atoms with Crippen LogP contribution in [0.25, 0.3) is 0 Å². The zero-order chi connectivity index (χ0) is 19.2. The SMILES string of the molecule is O=C1CC(N2CCC3(CC2)OCCO3)C(=O)N1c1cccc(C(F)(F)F)c1. The molecule has 0 bridgehead atoms. The number of amides is 2. The number of hydrogen-bond donors (Lipinski definition) is 0. The van der Waals surface area contributed by atoms with Crippen molar-refractivity contribution in [2.24, 2.45) is 0 Å². The highest BCUT2D eigenvalue weighted by Gasteiger charge is 2.47. The first-order chi connectivity index (χ1) is 12.8. The highest BCUT2D eigenvalue weighted by atomic mass is 19.4. The summed E-state index contributed by atoms with van der Waals surface area (Å²) in [4.78, 5) is 28.0. The molecule has 2 amide bonds. The third kappa shape index (κ3) is 3.35. The van der Waals surface area contributed by atoms with Gasteiger partial charge in [-0.3, -0.25) is 14.5 Å². The average Bonchev–Trinajstić information content (AvgIpc) is 3.20. The Balaban J connectivity index is 1.50. The van der Waals surface area contributed by atoms with Gasteiger partial charge in [-0.2, -0.15) is 13.2 Å². The zero-order valence-electron chi connectivity index (χ0n) is 14.5. The van der Waals surface area contributed by atoms with Crippen molar-refractivity contribution in [3.05, 3.63) is 29.8 Å². The fourth-order valence-corrected chi connectivity index (χ4v) is 3.96. The summed E-state index contributed by atoms with van der Waals surface area (Å²) in [6.07, 6.45) is -3.39. The summed E-state index contributed by atoms with van der Waals surface area (Å²) >= 11 is 0. The molecular formula is C18H19F3N2O4. The number of likely N-dealkylation sites (tertiary alicyclic amines) is 1. The number of carbonyl (C=O) groups excluding carboxylic acids is 2. The van der Waals surface area contributed by atoms with Gasteiger partial charge in [-0.25, -0.2) is 4.90 Å². The van der Waals surface area contributed by atoms with Gasteiger partial charge in [0, 0.05) is 25.9 Å². The second-order valence-corrected chi connectivity index (χ2v) is 6.98. The van der Waals surface area contributed by atoms with Gasteiger partial charge in [-0.05, 0) is 18.2 Å². The Labute approximate surface area is 153 Å². The normalized spacial score (nSPS) is 26.3. The lowest BCUT2D eigenvalue weighted by Crippen LogP contribution is -2.51. The van der Waals surface area contributed by atoms with Crippen molar-refractivity contribution >= 4 is 17.5 Å². The maximum absolute atomic E-state index is 12.9. The number of piperidine rings is 1. The molecule has 1 atom stereocenters. The quantitative estimate of drug-likeness (QED) is 0.732. The van der Waals surface area contributed by atoms with Crippen molar-refractivity contribution < 1.29 is 32.2 Å². The van der Waals surface area contributed by atoms with Crippen molar-refractivity contribution in [2.45, 2.75) is 37.3 Å². The van der Waals surface area contributed by atoms with Crippen LogP contribution in [0.15, 0.2) is 24.3 Å². The lowest BCUT2D eigenvalue weighted by molar-refractivity contribution is -0.188. The van der Waals surface area contributed by atoms with Crippen molar-refractivity contribution in [1.29, 1.82) is 0 Å². The van der Waals surface area contributed by atoms with Gasteiger partial charge < -0.3 is 9.47 Å². The third-order valence-corrected chi connectivity index (χ3v) is 5.37. The van der Waals surface area contributed by atoms with E-state index < -0.39 is 35.4 Å². The molecule has 0 radical (unpaired) electrons. The molecule has 6 nitrogen and oxygen atoms in total. The Morgan fingerprint density at radius 2 is 1.74 bits per heavy atom. The molecule has 9 heteroatoms. The van der Waals surface area contributed by atoms with Gasteiger partial charge in [0.2, 0.25) is 5.91 Å². The first-order valence-corrected chi connectivity index (χ1v) is 8.85. The Hall–Kier alpha value is -1.97. The second kappa shape index (κ2) is 6.57. The fourth-order valence-electron chi connectivity index (χ4n) is 3.96. The van der Waals surface area contributed by atoms with E-state index in [1.807, 2.05) is 4.90 Å². The first-order valence-electron chi connectivity index (χ1n) is 8.85. The van der Waals surface area contributed by atoms with E-state index in [1.165, 1.54) is 12.1 Å². The topological polar surface area (TPSA) is 59.1 Å². The van der Waals surface area contributed by atoms with Crippen LogP contribution in [0, 0.1) is 0 Å². The van der Waals surface area contributed by atoms with E-state index in [2.05, 4.69) is 0 Å². The molecule has 3 heterocycles. The molecule has 3 saturated heterocycles. The molecule has 4 rings (SSSR count). The largest absolute Gasteiger partial charge is 0.416 e. The lowest BCUT2D eigenvalue weighted by Gasteiger charge is -2.39. The van der Waals surface area contributed by atoms with E-state index in [1.54, 1.807) is 0 Å². The van der Waals surface area contributed by atoms with E-state index in [0.29, 0.717) is 39.1 Å². The molecule has 0 N–H and O–H groups in total. The van der Waals surface area contributed by atoms with Crippen LogP contribution in [-0.2, 0) is 25.2 Å². The van der Waals surface area contributed by atoms with Gasteiger partial charge in [0.1, 0.15) is 0 Å². The van der Waals surface area contributed by atoms with Crippen LogP contribution in [0.5, 0.6) is 0 Å². The standard InChI is InChI=1S/C18H19F3N2O4/c19-18(20,21)12-2-1-3-13(10-12)23-15(24)11-14(16(23)25)22-6-4-17(5-7-22)26-8-9-27-17/h1-3,10,14H,4-9,11H2. The zero-order valence-corrected chi connectivity index (χ0v) is 14.5. The maximum atomic E-state index is 12.9. The number of anilines is 1. The minimum Gasteiger partial charge on any atom is -0.347 e. The summed E-state index contributed by atoms with van der Waals surface area (Å²) in [5, 5.41) is 0. The lowest BCUT2D eigenvalue weighted by atomic mass is 10.0. The van der Waals surface area contributed by atoms with E-state index in [-0.39, 0.29) is 12.1 Å². The first kappa shape index (κ1) is 18.4. The number of rotatable bonds is 2. The van der Waals surface area contributed by atoms with Gasteiger partial charge in [-0.1, -0.05) is 6.07 Å². The molecule has 1 unspecified atom stereocenters. The summed E-state index contributed by atoms with van der Waals surface area (Å²) in [7, 11) is 0. The predicted octanol–water partition coefficient (Wildman–Crippen LogP) is 2.18. The van der Waals surface area contributed by atoms with Gasteiger partial charge in [0.25, 0.3) is 5.91 Å². The number of alkyl halides is 3. The Morgan fingerprint density at radius 3 is 2.37 bits per heavy atom. The minimum absolute atomic E-state index is 0.0379. The molecular weight excluding hydrogens is 365 g/mol. The van der Waals surface area contributed by atoms with Crippen LogP contribution in [0.3, 0.4) is 0 Å². The third-order valence-electron chi connectivity index (χ3n) is 5.37. The molecule has 1 aromatic carbocycles. The summed E-state index contributed by atoms with van der Waals surface area (Å²) in [5.74, 6) is -1.57. The second-order valence-electron chi connectivity index (χ2n) is 6.98. The Kier molecular flexibility index (Phi) is 4.48. The molecule has 1 spiro atoms. The van der Waals surface area contributed by atoms with Crippen LogP contribution in [0.4, 0.5) is 18.9 Å². The number of hydrogen-bond acceptors (Lipinski definition) is 5. The number of benzene rings is 1. The van der Waals surface area contributed by atoms with Crippen molar-refractivity contribution in [2.75, 3.05) is 31.2 Å². The summed E-state index contributed by atoms with van der Waals surface area (Å²) in [6.45, 7) is 2.15. The van der Waals surface area contributed by atoms with Gasteiger partial charge in [0.15, 0.2) is 5.79 Å². The van der Waals surface area contributed by atoms with E-state index >= 15 is 0 Å². The van der Waals surface area contributed by atoms with E-state index in [4.69, 9.17) is 9.47 Å². The molecule has 1 aromatic rings. The molecule has 3 fully saturated rings. The van der Waals surface area contributed by atoms with E-state index in [0.717, 1.165) is 17.0 Å². The molecule has 3 aliphatic heterocycles. The molecule has 0 aliphatic carbocycles. The Morgan fingerprint density at radius 1 is 1.07 bits per heavy atom. The van der Waals surface area contributed by atoms with Gasteiger partial charge in [-0.15, -0.1) is 0 Å². The Bertz CT molecular complexity index is 751. The van der Waals surface area contributed by atoms with Gasteiger partial charge >= 0.3 is 6.18 Å². The number of imide groups is 1. The maximum Gasteiger partial charge on any atom is 0.416 e. The van der Waals surface area contributed by atoms with Crippen LogP contribution >= 0.6 is 0 Å². The summed E-state index contributed by atoms with van der Waals surface area (Å²) in [6, 6.07) is 3.64. The highest BCUT2D eigenvalue weighted by molar-refractivity contribution is 6.22. The van der Waals surface area contributed by atoms with Crippen molar-refractivity contribution in [3.63, 3.8) is 0 Å². The number of ether oxygens (including phenoxy) is 2. The molecule has 0 saturated carbocycles. The van der Waals surface area contributed by atoms with Crippen molar-refractivity contribution in [3.8, 4) is 0 Å².